The van der Waals surface area contributed by atoms with Crippen LogP contribution in [0.3, 0.4) is 0 Å². The largest absolute Gasteiger partial charge is 0.346 e. The van der Waals surface area contributed by atoms with Crippen molar-refractivity contribution < 1.29 is 14.4 Å². The third-order valence-corrected chi connectivity index (χ3v) is 2.91. The van der Waals surface area contributed by atoms with Gasteiger partial charge in [-0.2, -0.15) is 0 Å². The summed E-state index contributed by atoms with van der Waals surface area (Å²) in [4.78, 5) is 34.4. The Morgan fingerprint density at radius 3 is 2.27 bits per heavy atom. The summed E-state index contributed by atoms with van der Waals surface area (Å²) < 4.78 is 0. The molecule has 0 bridgehead atoms. The molecule has 5 N–H and O–H groups in total. The molecular weight excluding hydrogens is 284 g/mol. The van der Waals surface area contributed by atoms with Crippen molar-refractivity contribution in [1.82, 2.24) is 5.32 Å². The zero-order valence-electron chi connectivity index (χ0n) is 13.0. The summed E-state index contributed by atoms with van der Waals surface area (Å²) in [6, 6.07) is 6.08. The molecule has 0 heterocycles. The first-order valence-electron chi connectivity index (χ1n) is 7.00. The molecule has 0 aliphatic carbocycles. The van der Waals surface area contributed by atoms with Crippen LogP contribution in [0.15, 0.2) is 24.3 Å². The quantitative estimate of drug-likeness (QED) is 0.619. The van der Waals surface area contributed by atoms with E-state index in [1.165, 1.54) is 6.92 Å². The van der Waals surface area contributed by atoms with Crippen LogP contribution >= 0.6 is 0 Å². The normalized spacial score (nSPS) is 11.7. The molecule has 0 aliphatic rings. The monoisotopic (exact) mass is 306 g/mol. The zero-order valence-corrected chi connectivity index (χ0v) is 13.0. The Bertz CT molecular complexity index is 557. The van der Waals surface area contributed by atoms with Gasteiger partial charge in [0.25, 0.3) is 0 Å². The highest BCUT2D eigenvalue weighted by Gasteiger charge is 2.17. The summed E-state index contributed by atoms with van der Waals surface area (Å²) in [6.45, 7) is 4.90. The van der Waals surface area contributed by atoms with Crippen LogP contribution in [0.1, 0.15) is 20.8 Å². The van der Waals surface area contributed by atoms with E-state index in [1.54, 1.807) is 24.3 Å². The average molecular weight is 306 g/mol. The Kier molecular flexibility index (Phi) is 6.52. The Morgan fingerprint density at radius 2 is 1.73 bits per heavy atom. The molecule has 0 aromatic heterocycles. The molecule has 22 heavy (non-hydrogen) atoms. The smallest absolute Gasteiger partial charge is 0.243 e. The predicted molar refractivity (Wildman–Crippen MR) is 85.2 cm³/mol. The van der Waals surface area contributed by atoms with E-state index in [0.717, 1.165) is 0 Å². The van der Waals surface area contributed by atoms with Gasteiger partial charge in [0.2, 0.25) is 17.7 Å². The molecule has 7 nitrogen and oxygen atoms in total. The van der Waals surface area contributed by atoms with Crippen molar-refractivity contribution in [1.29, 1.82) is 0 Å². The van der Waals surface area contributed by atoms with Gasteiger partial charge in [-0.05, 0) is 24.1 Å². The Labute approximate surface area is 129 Å². The van der Waals surface area contributed by atoms with Crippen molar-refractivity contribution in [2.75, 3.05) is 17.2 Å². The summed E-state index contributed by atoms with van der Waals surface area (Å²) in [6.07, 6.45) is 0. The first-order chi connectivity index (χ1) is 10.3. The topological polar surface area (TPSA) is 113 Å². The Hall–Kier alpha value is -2.41. The maximum Gasteiger partial charge on any atom is 0.243 e. The average Bonchev–Trinajstić information content (AvgIpc) is 2.43. The highest BCUT2D eigenvalue weighted by atomic mass is 16.2. The van der Waals surface area contributed by atoms with Crippen LogP contribution in [-0.4, -0.2) is 30.3 Å². The standard InChI is InChI=1S/C15H22N4O3/c1-9(2)14(16)15(22)17-8-13(21)19-12-6-4-5-11(7-12)18-10(3)20/h4-7,9,14H,8,16H2,1-3H3,(H,17,22)(H,18,20)(H,19,21)/t14-/m0/s1. The van der Waals surface area contributed by atoms with Crippen molar-refractivity contribution in [3.8, 4) is 0 Å². The lowest BCUT2D eigenvalue weighted by molar-refractivity contribution is -0.125. The fourth-order valence-corrected chi connectivity index (χ4v) is 1.67. The van der Waals surface area contributed by atoms with E-state index < -0.39 is 6.04 Å². The number of carbonyl (C=O) groups is 3. The number of amides is 3. The zero-order chi connectivity index (χ0) is 16.7. The van der Waals surface area contributed by atoms with Crippen molar-refractivity contribution in [2.24, 2.45) is 11.7 Å². The number of nitrogens with one attached hydrogen (secondary N) is 3. The Morgan fingerprint density at radius 1 is 1.14 bits per heavy atom. The molecule has 0 spiro atoms. The molecule has 0 saturated heterocycles. The summed E-state index contributed by atoms with van der Waals surface area (Å²) in [5, 5.41) is 7.74. The highest BCUT2D eigenvalue weighted by molar-refractivity contribution is 5.96. The minimum Gasteiger partial charge on any atom is -0.346 e. The molecule has 3 amide bonds. The Balaban J connectivity index is 2.52. The second-order valence-electron chi connectivity index (χ2n) is 5.30. The van der Waals surface area contributed by atoms with Gasteiger partial charge in [0.15, 0.2) is 0 Å². The number of rotatable bonds is 6. The van der Waals surface area contributed by atoms with Crippen molar-refractivity contribution in [3.63, 3.8) is 0 Å². The van der Waals surface area contributed by atoms with E-state index >= 15 is 0 Å². The molecule has 1 aromatic carbocycles. The molecule has 7 heteroatoms. The third-order valence-electron chi connectivity index (χ3n) is 2.91. The van der Waals surface area contributed by atoms with Crippen LogP contribution in [0.5, 0.6) is 0 Å². The summed E-state index contributed by atoms with van der Waals surface area (Å²) in [5.41, 5.74) is 6.79. The van der Waals surface area contributed by atoms with Crippen LogP contribution in [0.2, 0.25) is 0 Å². The number of hydrogen-bond donors (Lipinski definition) is 4. The molecule has 1 aromatic rings. The van der Waals surface area contributed by atoms with Crippen molar-refractivity contribution >= 4 is 29.1 Å². The number of carbonyl (C=O) groups excluding carboxylic acids is 3. The van der Waals surface area contributed by atoms with E-state index in [-0.39, 0.29) is 30.2 Å². The maximum absolute atomic E-state index is 11.8. The number of hydrogen-bond acceptors (Lipinski definition) is 4. The van der Waals surface area contributed by atoms with Crippen molar-refractivity contribution in [2.45, 2.75) is 26.8 Å². The minimum atomic E-state index is -0.643. The van der Waals surface area contributed by atoms with Crippen LogP contribution in [0.4, 0.5) is 11.4 Å². The van der Waals surface area contributed by atoms with E-state index in [2.05, 4.69) is 16.0 Å². The second kappa shape index (κ2) is 8.14. The van der Waals surface area contributed by atoms with Gasteiger partial charge in [0, 0.05) is 18.3 Å². The molecule has 1 atom stereocenters. The molecular formula is C15H22N4O3. The van der Waals surface area contributed by atoms with E-state index in [1.807, 2.05) is 13.8 Å². The maximum atomic E-state index is 11.8. The van der Waals surface area contributed by atoms with Gasteiger partial charge in [-0.1, -0.05) is 19.9 Å². The molecule has 0 aliphatic heterocycles. The van der Waals surface area contributed by atoms with E-state index in [0.29, 0.717) is 11.4 Å². The van der Waals surface area contributed by atoms with Crippen LogP contribution in [0, 0.1) is 5.92 Å². The first-order valence-corrected chi connectivity index (χ1v) is 7.00. The summed E-state index contributed by atoms with van der Waals surface area (Å²) in [7, 11) is 0. The van der Waals surface area contributed by atoms with Gasteiger partial charge >= 0.3 is 0 Å². The fourth-order valence-electron chi connectivity index (χ4n) is 1.67. The molecule has 1 rings (SSSR count). The number of nitrogens with two attached hydrogens (primary N) is 1. The molecule has 0 radical (unpaired) electrons. The molecule has 0 saturated carbocycles. The van der Waals surface area contributed by atoms with Gasteiger partial charge in [0.05, 0.1) is 12.6 Å². The lowest BCUT2D eigenvalue weighted by atomic mass is 10.1. The molecule has 0 fully saturated rings. The lowest BCUT2D eigenvalue weighted by Gasteiger charge is -2.15. The minimum absolute atomic E-state index is 0.00241. The van der Waals surface area contributed by atoms with E-state index in [4.69, 9.17) is 5.73 Å². The van der Waals surface area contributed by atoms with Crippen LogP contribution < -0.4 is 21.7 Å². The fraction of sp³-hybridized carbons (Fsp3) is 0.400. The van der Waals surface area contributed by atoms with Crippen molar-refractivity contribution in [3.05, 3.63) is 24.3 Å². The second-order valence-corrected chi connectivity index (χ2v) is 5.30. The van der Waals surface area contributed by atoms with Gasteiger partial charge in [-0.15, -0.1) is 0 Å². The predicted octanol–water partition coefficient (Wildman–Crippen LogP) is 0.683. The summed E-state index contributed by atoms with van der Waals surface area (Å²) >= 11 is 0. The van der Waals surface area contributed by atoms with Gasteiger partial charge < -0.3 is 21.7 Å². The summed E-state index contributed by atoms with van der Waals surface area (Å²) in [5.74, 6) is -0.933. The number of benzene rings is 1. The van der Waals surface area contributed by atoms with E-state index in [9.17, 15) is 14.4 Å². The van der Waals surface area contributed by atoms with Crippen LogP contribution in [0.25, 0.3) is 0 Å². The van der Waals surface area contributed by atoms with Crippen LogP contribution in [-0.2, 0) is 14.4 Å². The van der Waals surface area contributed by atoms with Gasteiger partial charge in [-0.3, -0.25) is 14.4 Å². The highest BCUT2D eigenvalue weighted by Crippen LogP contribution is 2.14. The lowest BCUT2D eigenvalue weighted by Crippen LogP contribution is -2.46. The number of anilines is 2. The third kappa shape index (κ3) is 5.92. The van der Waals surface area contributed by atoms with Gasteiger partial charge in [-0.25, -0.2) is 0 Å². The van der Waals surface area contributed by atoms with Gasteiger partial charge in [0.1, 0.15) is 0 Å². The SMILES string of the molecule is CC(=O)Nc1cccc(NC(=O)CNC(=O)[C@@H](N)C(C)C)c1. The molecule has 0 unspecified atom stereocenters. The molecule has 120 valence electrons. The first kappa shape index (κ1) is 17.6.